The molecule has 1 heterocycles. The zero-order valence-electron chi connectivity index (χ0n) is 13.5. The van der Waals surface area contributed by atoms with E-state index in [0.717, 1.165) is 29.4 Å². The molecule has 4 aliphatic carbocycles. The van der Waals surface area contributed by atoms with Crippen LogP contribution in [0.2, 0.25) is 0 Å². The topological polar surface area (TPSA) is 24.9 Å². The summed E-state index contributed by atoms with van der Waals surface area (Å²) < 4.78 is 0. The summed E-state index contributed by atoms with van der Waals surface area (Å²) in [5.74, 6) is 2.97. The van der Waals surface area contributed by atoms with Gasteiger partial charge in [-0.3, -0.25) is 0 Å². The van der Waals surface area contributed by atoms with E-state index in [2.05, 4.69) is 41.0 Å². The molecule has 1 N–H and O–H groups in total. The van der Waals surface area contributed by atoms with Gasteiger partial charge in [-0.25, -0.2) is 4.98 Å². The first-order valence-electron chi connectivity index (χ1n) is 9.03. The average Bonchev–Trinajstić information content (AvgIpc) is 3.02. The van der Waals surface area contributed by atoms with Gasteiger partial charge >= 0.3 is 0 Å². The number of nitrogens with zero attached hydrogens (tertiary/aromatic N) is 1. The van der Waals surface area contributed by atoms with Crippen LogP contribution in [0.3, 0.4) is 0 Å². The Morgan fingerprint density at radius 3 is 2.30 bits per heavy atom. The number of rotatable bonds is 4. The Balaban J connectivity index is 1.33. The minimum Gasteiger partial charge on any atom is -0.357 e. The van der Waals surface area contributed by atoms with E-state index in [1.54, 1.807) is 11.3 Å². The van der Waals surface area contributed by atoms with Crippen molar-refractivity contribution in [2.75, 3.05) is 5.32 Å². The van der Waals surface area contributed by atoms with Crippen molar-refractivity contribution in [2.24, 2.45) is 17.8 Å². The maximum atomic E-state index is 5.02. The SMILES string of the molecule is c1ccc(CNc2nc(C34CC5CC(CC(C5)C3)C4)cs2)cc1. The quantitative estimate of drug-likeness (QED) is 0.833. The lowest BCUT2D eigenvalue weighted by molar-refractivity contribution is -0.00688. The van der Waals surface area contributed by atoms with Gasteiger partial charge in [-0.05, 0) is 61.8 Å². The fourth-order valence-corrected chi connectivity index (χ4v) is 6.63. The lowest BCUT2D eigenvalue weighted by Crippen LogP contribution is -2.48. The predicted octanol–water partition coefficient (Wildman–Crippen LogP) is 5.22. The van der Waals surface area contributed by atoms with Gasteiger partial charge in [-0.15, -0.1) is 11.3 Å². The van der Waals surface area contributed by atoms with Crippen molar-refractivity contribution in [2.45, 2.75) is 50.5 Å². The molecule has 3 heteroatoms. The third-order valence-electron chi connectivity index (χ3n) is 6.37. The molecular weight excluding hydrogens is 300 g/mol. The van der Waals surface area contributed by atoms with Crippen LogP contribution in [0.25, 0.3) is 0 Å². The summed E-state index contributed by atoms with van der Waals surface area (Å²) in [4.78, 5) is 5.02. The van der Waals surface area contributed by atoms with Crippen LogP contribution in [0.15, 0.2) is 35.7 Å². The number of nitrogens with one attached hydrogen (secondary N) is 1. The molecule has 4 fully saturated rings. The lowest BCUT2D eigenvalue weighted by Gasteiger charge is -2.56. The minimum atomic E-state index is 0.428. The Morgan fingerprint density at radius 2 is 1.65 bits per heavy atom. The maximum Gasteiger partial charge on any atom is 0.183 e. The largest absolute Gasteiger partial charge is 0.357 e. The van der Waals surface area contributed by atoms with Crippen molar-refractivity contribution >= 4 is 16.5 Å². The number of anilines is 1. The van der Waals surface area contributed by atoms with Gasteiger partial charge in [0.15, 0.2) is 5.13 Å². The van der Waals surface area contributed by atoms with Crippen molar-refractivity contribution in [1.29, 1.82) is 0 Å². The second-order valence-electron chi connectivity index (χ2n) is 8.07. The second kappa shape index (κ2) is 5.34. The van der Waals surface area contributed by atoms with Crippen LogP contribution in [0.1, 0.15) is 49.8 Å². The Labute approximate surface area is 142 Å². The molecule has 1 aromatic heterocycles. The summed E-state index contributed by atoms with van der Waals surface area (Å²) in [5, 5.41) is 6.97. The summed E-state index contributed by atoms with van der Waals surface area (Å²) >= 11 is 1.80. The number of hydrogen-bond donors (Lipinski definition) is 1. The molecule has 4 aliphatic rings. The molecule has 4 saturated carbocycles. The first-order valence-corrected chi connectivity index (χ1v) is 9.91. The van der Waals surface area contributed by atoms with E-state index >= 15 is 0 Å². The third-order valence-corrected chi connectivity index (χ3v) is 7.17. The van der Waals surface area contributed by atoms with Gasteiger partial charge in [0, 0.05) is 17.3 Å². The molecule has 2 aromatic rings. The number of thiazole rings is 1. The van der Waals surface area contributed by atoms with E-state index in [1.807, 2.05) is 0 Å². The highest BCUT2D eigenvalue weighted by atomic mass is 32.1. The fourth-order valence-electron chi connectivity index (χ4n) is 5.80. The van der Waals surface area contributed by atoms with E-state index in [4.69, 9.17) is 4.98 Å². The predicted molar refractivity (Wildman–Crippen MR) is 95.7 cm³/mol. The minimum absolute atomic E-state index is 0.428. The number of benzene rings is 1. The number of hydrogen-bond acceptors (Lipinski definition) is 3. The van der Waals surface area contributed by atoms with E-state index in [-0.39, 0.29) is 0 Å². The number of aromatic nitrogens is 1. The van der Waals surface area contributed by atoms with Gasteiger partial charge in [-0.1, -0.05) is 30.3 Å². The van der Waals surface area contributed by atoms with Crippen molar-refractivity contribution in [3.8, 4) is 0 Å². The lowest BCUT2D eigenvalue weighted by atomic mass is 9.49. The van der Waals surface area contributed by atoms with Crippen LogP contribution in [0.4, 0.5) is 5.13 Å². The zero-order chi connectivity index (χ0) is 15.3. The molecule has 0 aliphatic heterocycles. The van der Waals surface area contributed by atoms with Crippen LogP contribution in [-0.2, 0) is 12.0 Å². The molecule has 120 valence electrons. The summed E-state index contributed by atoms with van der Waals surface area (Å²) in [6, 6.07) is 10.6. The van der Waals surface area contributed by atoms with Gasteiger partial charge in [0.05, 0.1) is 5.69 Å². The average molecular weight is 324 g/mol. The normalized spacial score (nSPS) is 34.7. The first-order chi connectivity index (χ1) is 11.3. The Kier molecular flexibility index (Phi) is 3.26. The van der Waals surface area contributed by atoms with Crippen LogP contribution in [0, 0.1) is 17.8 Å². The van der Waals surface area contributed by atoms with E-state index in [9.17, 15) is 0 Å². The maximum absolute atomic E-state index is 5.02. The van der Waals surface area contributed by atoms with Gasteiger partial charge in [0.2, 0.25) is 0 Å². The highest BCUT2D eigenvalue weighted by Gasteiger charge is 2.52. The highest BCUT2D eigenvalue weighted by molar-refractivity contribution is 7.13. The molecule has 1 aromatic carbocycles. The van der Waals surface area contributed by atoms with Crippen molar-refractivity contribution in [1.82, 2.24) is 4.98 Å². The van der Waals surface area contributed by atoms with Gasteiger partial charge in [0.1, 0.15) is 0 Å². The molecule has 4 bridgehead atoms. The van der Waals surface area contributed by atoms with E-state index in [1.165, 1.54) is 49.8 Å². The molecule has 23 heavy (non-hydrogen) atoms. The van der Waals surface area contributed by atoms with Crippen molar-refractivity contribution < 1.29 is 0 Å². The van der Waals surface area contributed by atoms with Crippen molar-refractivity contribution in [3.63, 3.8) is 0 Å². The van der Waals surface area contributed by atoms with Crippen LogP contribution in [-0.4, -0.2) is 4.98 Å². The van der Waals surface area contributed by atoms with Crippen molar-refractivity contribution in [3.05, 3.63) is 47.0 Å². The summed E-state index contributed by atoms with van der Waals surface area (Å²) in [6.45, 7) is 0.870. The Morgan fingerprint density at radius 1 is 1.00 bits per heavy atom. The van der Waals surface area contributed by atoms with Gasteiger partial charge < -0.3 is 5.32 Å². The van der Waals surface area contributed by atoms with Crippen LogP contribution in [0.5, 0.6) is 0 Å². The smallest absolute Gasteiger partial charge is 0.183 e. The van der Waals surface area contributed by atoms with Gasteiger partial charge in [0.25, 0.3) is 0 Å². The molecular formula is C20H24N2S. The molecule has 0 saturated heterocycles. The molecule has 2 nitrogen and oxygen atoms in total. The van der Waals surface area contributed by atoms with E-state index < -0.39 is 0 Å². The molecule has 0 atom stereocenters. The standard InChI is InChI=1S/C20H24N2S/c1-2-4-14(5-3-1)12-21-19-22-18(13-23-19)20-9-15-6-16(10-20)8-17(7-15)11-20/h1-5,13,15-17H,6-12H2,(H,21,22). The van der Waals surface area contributed by atoms with E-state index in [0.29, 0.717) is 5.41 Å². The zero-order valence-corrected chi connectivity index (χ0v) is 14.3. The second-order valence-corrected chi connectivity index (χ2v) is 8.93. The summed E-state index contributed by atoms with van der Waals surface area (Å²) in [7, 11) is 0. The fraction of sp³-hybridized carbons (Fsp3) is 0.550. The first kappa shape index (κ1) is 14.0. The Hall–Kier alpha value is -1.35. The summed E-state index contributed by atoms with van der Waals surface area (Å²) in [5.41, 5.74) is 3.15. The monoisotopic (exact) mass is 324 g/mol. The Bertz CT molecular complexity index is 655. The molecule has 6 rings (SSSR count). The summed E-state index contributed by atoms with van der Waals surface area (Å²) in [6.07, 6.45) is 8.72. The molecule has 0 unspecified atom stereocenters. The molecule has 0 spiro atoms. The van der Waals surface area contributed by atoms with Crippen LogP contribution >= 0.6 is 11.3 Å². The molecule has 0 radical (unpaired) electrons. The van der Waals surface area contributed by atoms with Gasteiger partial charge in [-0.2, -0.15) is 0 Å². The molecule has 0 amide bonds. The third kappa shape index (κ3) is 2.50. The highest BCUT2D eigenvalue weighted by Crippen LogP contribution is 2.60. The van der Waals surface area contributed by atoms with Crippen LogP contribution < -0.4 is 5.32 Å².